The summed E-state index contributed by atoms with van der Waals surface area (Å²) in [7, 11) is 1.60. The van der Waals surface area contributed by atoms with Gasteiger partial charge in [0.25, 0.3) is 0 Å². The van der Waals surface area contributed by atoms with Crippen LogP contribution in [0, 0.1) is 12.8 Å². The average molecular weight is 364 g/mol. The first-order chi connectivity index (χ1) is 13.0. The van der Waals surface area contributed by atoms with Gasteiger partial charge in [0.15, 0.2) is 5.78 Å². The topological polar surface area (TPSA) is 52.6 Å². The Labute approximate surface area is 159 Å². The van der Waals surface area contributed by atoms with Crippen LogP contribution in [0.15, 0.2) is 54.6 Å². The maximum absolute atomic E-state index is 12.9. The number of rotatable bonds is 5. The van der Waals surface area contributed by atoms with Crippen LogP contribution >= 0.6 is 0 Å². The Morgan fingerprint density at radius 2 is 1.89 bits per heavy atom. The van der Waals surface area contributed by atoms with Crippen LogP contribution in [0.4, 0.5) is 0 Å². The molecular formula is C23H24O4. The van der Waals surface area contributed by atoms with E-state index in [4.69, 9.17) is 9.47 Å². The Balaban J connectivity index is 2.02. The summed E-state index contributed by atoms with van der Waals surface area (Å²) in [4.78, 5) is 25.4. The number of aryl methyl sites for hydroxylation is 1. The molecule has 0 spiro atoms. The van der Waals surface area contributed by atoms with Crippen molar-refractivity contribution in [1.82, 2.24) is 0 Å². The molecule has 0 saturated heterocycles. The molecule has 0 saturated carbocycles. The van der Waals surface area contributed by atoms with Gasteiger partial charge >= 0.3 is 5.97 Å². The second-order valence-electron chi connectivity index (χ2n) is 6.75. The van der Waals surface area contributed by atoms with Gasteiger partial charge in [0, 0.05) is 5.92 Å². The van der Waals surface area contributed by atoms with Crippen LogP contribution in [0.25, 0.3) is 5.57 Å². The molecule has 27 heavy (non-hydrogen) atoms. The van der Waals surface area contributed by atoms with Crippen molar-refractivity contribution in [2.75, 3.05) is 13.7 Å². The quantitative estimate of drug-likeness (QED) is 0.586. The number of hydrogen-bond acceptors (Lipinski definition) is 4. The molecule has 0 bridgehead atoms. The van der Waals surface area contributed by atoms with Gasteiger partial charge in [-0.3, -0.25) is 9.59 Å². The smallest absolute Gasteiger partial charge is 0.317 e. The third-order valence-electron chi connectivity index (χ3n) is 4.95. The van der Waals surface area contributed by atoms with E-state index in [0.29, 0.717) is 12.2 Å². The Bertz CT molecular complexity index is 864. The summed E-state index contributed by atoms with van der Waals surface area (Å²) in [6.07, 6.45) is 2.19. The lowest BCUT2D eigenvalue weighted by Gasteiger charge is -2.29. The molecule has 2 atom stereocenters. The van der Waals surface area contributed by atoms with E-state index in [-0.39, 0.29) is 18.3 Å². The lowest BCUT2D eigenvalue weighted by atomic mass is 9.73. The van der Waals surface area contributed by atoms with Gasteiger partial charge in [-0.15, -0.1) is 0 Å². The zero-order valence-corrected chi connectivity index (χ0v) is 15.9. The molecular weight excluding hydrogens is 340 g/mol. The minimum absolute atomic E-state index is 0.205. The van der Waals surface area contributed by atoms with Crippen molar-refractivity contribution in [3.05, 3.63) is 71.3 Å². The predicted octanol–water partition coefficient (Wildman–Crippen LogP) is 4.32. The van der Waals surface area contributed by atoms with Crippen molar-refractivity contribution in [2.45, 2.75) is 26.2 Å². The number of hydrogen-bond donors (Lipinski definition) is 0. The Morgan fingerprint density at radius 3 is 2.56 bits per heavy atom. The van der Waals surface area contributed by atoms with Crippen LogP contribution in [-0.2, 0) is 14.3 Å². The first-order valence-electron chi connectivity index (χ1n) is 9.15. The average Bonchev–Trinajstić information content (AvgIpc) is 2.68. The van der Waals surface area contributed by atoms with Crippen LogP contribution in [0.3, 0.4) is 0 Å². The third-order valence-corrected chi connectivity index (χ3v) is 4.95. The molecule has 140 valence electrons. The number of carbonyl (C=O) groups is 2. The van der Waals surface area contributed by atoms with Gasteiger partial charge in [-0.2, -0.15) is 0 Å². The summed E-state index contributed by atoms with van der Waals surface area (Å²) in [5.74, 6) is -1.08. The van der Waals surface area contributed by atoms with Crippen molar-refractivity contribution in [1.29, 1.82) is 0 Å². The minimum atomic E-state index is -0.828. The van der Waals surface area contributed by atoms with Gasteiger partial charge in [0.2, 0.25) is 0 Å². The van der Waals surface area contributed by atoms with E-state index in [0.717, 1.165) is 22.3 Å². The number of ketones is 1. The molecule has 0 unspecified atom stereocenters. The normalized spacial score (nSPS) is 19.4. The molecule has 2 aromatic rings. The second-order valence-corrected chi connectivity index (χ2v) is 6.75. The number of carbonyl (C=O) groups excluding carboxylic acids is 2. The molecule has 4 heteroatoms. The SMILES string of the molecule is CCOC(=O)[C@H]1C(=O)C=C(c2ccc(C)cc2)C[C@H]1c1cccc(OC)c1. The maximum Gasteiger partial charge on any atom is 0.317 e. The van der Waals surface area contributed by atoms with E-state index in [1.54, 1.807) is 20.1 Å². The highest BCUT2D eigenvalue weighted by Gasteiger charge is 2.39. The van der Waals surface area contributed by atoms with Crippen molar-refractivity contribution in [3.63, 3.8) is 0 Å². The largest absolute Gasteiger partial charge is 0.497 e. The molecule has 0 amide bonds. The molecule has 0 radical (unpaired) electrons. The van der Waals surface area contributed by atoms with Crippen LogP contribution < -0.4 is 4.74 Å². The monoisotopic (exact) mass is 364 g/mol. The van der Waals surface area contributed by atoms with Gasteiger partial charge in [-0.05, 0) is 55.2 Å². The number of allylic oxidation sites excluding steroid dienone is 2. The van der Waals surface area contributed by atoms with Crippen LogP contribution in [-0.4, -0.2) is 25.5 Å². The van der Waals surface area contributed by atoms with Gasteiger partial charge in [-0.25, -0.2) is 0 Å². The van der Waals surface area contributed by atoms with Crippen LogP contribution in [0.1, 0.15) is 36.0 Å². The molecule has 2 aromatic carbocycles. The Morgan fingerprint density at radius 1 is 1.15 bits per heavy atom. The molecule has 0 aromatic heterocycles. The van der Waals surface area contributed by atoms with Crippen LogP contribution in [0.2, 0.25) is 0 Å². The fourth-order valence-corrected chi connectivity index (χ4v) is 3.54. The third kappa shape index (κ3) is 4.11. The van der Waals surface area contributed by atoms with Crippen molar-refractivity contribution in [3.8, 4) is 5.75 Å². The van der Waals surface area contributed by atoms with Gasteiger partial charge in [0.05, 0.1) is 13.7 Å². The molecule has 0 fully saturated rings. The Hall–Kier alpha value is -2.88. The van der Waals surface area contributed by atoms with Crippen molar-refractivity contribution < 1.29 is 19.1 Å². The maximum atomic E-state index is 12.9. The van der Waals surface area contributed by atoms with E-state index >= 15 is 0 Å². The zero-order chi connectivity index (χ0) is 19.4. The molecule has 4 nitrogen and oxygen atoms in total. The molecule has 0 heterocycles. The van der Waals surface area contributed by atoms with E-state index < -0.39 is 11.9 Å². The summed E-state index contributed by atoms with van der Waals surface area (Å²) in [5, 5.41) is 0. The lowest BCUT2D eigenvalue weighted by molar-refractivity contribution is -0.151. The van der Waals surface area contributed by atoms with Gasteiger partial charge in [0.1, 0.15) is 11.7 Å². The second kappa shape index (κ2) is 8.21. The van der Waals surface area contributed by atoms with Crippen LogP contribution in [0.5, 0.6) is 5.75 Å². The highest BCUT2D eigenvalue weighted by Crippen LogP contribution is 2.41. The number of esters is 1. The van der Waals surface area contributed by atoms with Crippen molar-refractivity contribution >= 4 is 17.3 Å². The first kappa shape index (κ1) is 18.9. The summed E-state index contributed by atoms with van der Waals surface area (Å²) < 4.78 is 10.5. The molecule has 1 aliphatic rings. The first-order valence-corrected chi connectivity index (χ1v) is 9.15. The molecule has 0 N–H and O–H groups in total. The predicted molar refractivity (Wildman–Crippen MR) is 105 cm³/mol. The summed E-state index contributed by atoms with van der Waals surface area (Å²) in [6.45, 7) is 4.03. The zero-order valence-electron chi connectivity index (χ0n) is 15.9. The summed E-state index contributed by atoms with van der Waals surface area (Å²) in [6, 6.07) is 15.6. The summed E-state index contributed by atoms with van der Waals surface area (Å²) >= 11 is 0. The summed E-state index contributed by atoms with van der Waals surface area (Å²) in [5.41, 5.74) is 4.01. The van der Waals surface area contributed by atoms with E-state index in [2.05, 4.69) is 0 Å². The number of ether oxygens (including phenoxy) is 2. The fraction of sp³-hybridized carbons (Fsp3) is 0.304. The minimum Gasteiger partial charge on any atom is -0.497 e. The molecule has 0 aliphatic heterocycles. The fourth-order valence-electron chi connectivity index (χ4n) is 3.54. The highest BCUT2D eigenvalue weighted by molar-refractivity contribution is 6.10. The number of methoxy groups -OCH3 is 1. The highest BCUT2D eigenvalue weighted by atomic mass is 16.5. The van der Waals surface area contributed by atoms with E-state index in [9.17, 15) is 9.59 Å². The lowest BCUT2D eigenvalue weighted by Crippen LogP contribution is -2.34. The van der Waals surface area contributed by atoms with Crippen molar-refractivity contribution in [2.24, 2.45) is 5.92 Å². The van der Waals surface area contributed by atoms with Gasteiger partial charge in [-0.1, -0.05) is 42.0 Å². The Kier molecular flexibility index (Phi) is 5.75. The molecule has 3 rings (SSSR count). The van der Waals surface area contributed by atoms with E-state index in [1.807, 2.05) is 55.5 Å². The van der Waals surface area contributed by atoms with E-state index in [1.165, 1.54) is 0 Å². The van der Waals surface area contributed by atoms with Gasteiger partial charge < -0.3 is 9.47 Å². The number of benzene rings is 2. The standard InChI is InChI=1S/C23H24O4/c1-4-27-23(25)22-20(17-6-5-7-19(12-17)26-3)13-18(14-21(22)24)16-10-8-15(2)9-11-16/h5-12,14,20,22H,4,13H2,1-3H3/t20-,22+/m0/s1. The molecule has 1 aliphatic carbocycles.